The van der Waals surface area contributed by atoms with Gasteiger partial charge in [-0.25, -0.2) is 0 Å². The normalized spacial score (nSPS) is 10.5. The van der Waals surface area contributed by atoms with E-state index in [0.29, 0.717) is 16.8 Å². The van der Waals surface area contributed by atoms with Crippen molar-refractivity contribution in [3.8, 4) is 0 Å². The molecule has 2 rings (SSSR count). The summed E-state index contributed by atoms with van der Waals surface area (Å²) in [5.41, 5.74) is 0.282. The number of halogens is 3. The predicted molar refractivity (Wildman–Crippen MR) is 79.7 cm³/mol. The number of carbonyl (C=O) groups excluding carboxylic acids is 1. The molecule has 1 heterocycles. The van der Waals surface area contributed by atoms with Gasteiger partial charge in [0, 0.05) is 18.1 Å². The number of anilines is 1. The first-order valence-corrected chi connectivity index (χ1v) is 6.77. The van der Waals surface area contributed by atoms with Crippen LogP contribution in [0.5, 0.6) is 0 Å². The molecule has 0 unspecified atom stereocenters. The Bertz CT molecular complexity index is 625. The maximum absolute atomic E-state index is 12.5. The smallest absolute Gasteiger partial charge is 0.322 e. The zero-order valence-corrected chi connectivity index (χ0v) is 12.5. The molecule has 0 radical (unpaired) electrons. The van der Waals surface area contributed by atoms with Crippen molar-refractivity contribution in [2.75, 3.05) is 5.32 Å². The Balaban J connectivity index is 0.00000116. The Hall–Kier alpha value is -2.37. The number of alkyl halides is 3. The minimum absolute atomic E-state index is 0.340. The molecule has 1 aromatic carbocycles. The third kappa shape index (κ3) is 4.58. The highest BCUT2D eigenvalue weighted by molar-refractivity contribution is 6.04. The van der Waals surface area contributed by atoms with E-state index < -0.39 is 17.6 Å². The van der Waals surface area contributed by atoms with E-state index in [1.54, 1.807) is 12.1 Å². The van der Waals surface area contributed by atoms with Gasteiger partial charge in [-0.1, -0.05) is 13.8 Å². The van der Waals surface area contributed by atoms with E-state index in [9.17, 15) is 18.0 Å². The van der Waals surface area contributed by atoms with Crippen LogP contribution in [-0.2, 0) is 6.18 Å². The summed E-state index contributed by atoms with van der Waals surface area (Å²) in [6.07, 6.45) is -1.48. The van der Waals surface area contributed by atoms with Crippen LogP contribution in [0, 0.1) is 6.92 Å². The third-order valence-corrected chi connectivity index (χ3v) is 2.73. The summed E-state index contributed by atoms with van der Waals surface area (Å²) in [6.45, 7) is 5.51. The SMILES string of the molecule is CC.Cc1cc(C(F)(F)F)ccc1NC(=O)c1cccnc1. The number of rotatable bonds is 2. The average molecular weight is 310 g/mol. The van der Waals surface area contributed by atoms with E-state index in [1.165, 1.54) is 25.4 Å². The molecule has 0 saturated carbocycles. The lowest BCUT2D eigenvalue weighted by Gasteiger charge is -2.12. The molecule has 0 aliphatic carbocycles. The topological polar surface area (TPSA) is 42.0 Å². The Morgan fingerprint density at radius 2 is 1.86 bits per heavy atom. The third-order valence-electron chi connectivity index (χ3n) is 2.73. The van der Waals surface area contributed by atoms with Gasteiger partial charge in [0.25, 0.3) is 5.91 Å². The van der Waals surface area contributed by atoms with Gasteiger partial charge in [-0.05, 0) is 42.8 Å². The highest BCUT2D eigenvalue weighted by Gasteiger charge is 2.30. The highest BCUT2D eigenvalue weighted by Crippen LogP contribution is 2.31. The summed E-state index contributed by atoms with van der Waals surface area (Å²) in [6, 6.07) is 6.35. The summed E-state index contributed by atoms with van der Waals surface area (Å²) in [7, 11) is 0. The van der Waals surface area contributed by atoms with Crippen molar-refractivity contribution in [1.29, 1.82) is 0 Å². The maximum Gasteiger partial charge on any atom is 0.416 e. The molecule has 3 nitrogen and oxygen atoms in total. The number of aryl methyl sites for hydroxylation is 1. The van der Waals surface area contributed by atoms with Crippen LogP contribution in [0.15, 0.2) is 42.7 Å². The van der Waals surface area contributed by atoms with Crippen LogP contribution >= 0.6 is 0 Å². The van der Waals surface area contributed by atoms with E-state index in [2.05, 4.69) is 10.3 Å². The molecular formula is C16H17F3N2O. The van der Waals surface area contributed by atoms with Crippen molar-refractivity contribution >= 4 is 11.6 Å². The molecule has 1 aromatic heterocycles. The molecule has 1 amide bonds. The first-order valence-electron chi connectivity index (χ1n) is 6.77. The monoisotopic (exact) mass is 310 g/mol. The molecule has 22 heavy (non-hydrogen) atoms. The molecule has 0 atom stereocenters. The van der Waals surface area contributed by atoms with Gasteiger partial charge in [-0.3, -0.25) is 9.78 Å². The molecule has 2 aromatic rings. The Morgan fingerprint density at radius 3 is 2.36 bits per heavy atom. The van der Waals surface area contributed by atoms with Crippen LogP contribution < -0.4 is 5.32 Å². The fraction of sp³-hybridized carbons (Fsp3) is 0.250. The molecule has 0 aliphatic rings. The summed E-state index contributed by atoms with van der Waals surface area (Å²) < 4.78 is 37.6. The van der Waals surface area contributed by atoms with Crippen LogP contribution in [-0.4, -0.2) is 10.9 Å². The van der Waals surface area contributed by atoms with Gasteiger partial charge in [0.1, 0.15) is 0 Å². The largest absolute Gasteiger partial charge is 0.416 e. The first-order chi connectivity index (χ1) is 10.4. The van der Waals surface area contributed by atoms with E-state index in [-0.39, 0.29) is 0 Å². The van der Waals surface area contributed by atoms with E-state index in [0.717, 1.165) is 12.1 Å². The minimum atomic E-state index is -4.39. The van der Waals surface area contributed by atoms with Crippen LogP contribution in [0.4, 0.5) is 18.9 Å². The summed E-state index contributed by atoms with van der Waals surface area (Å²) in [5.74, 6) is -0.416. The van der Waals surface area contributed by atoms with Crippen LogP contribution in [0.2, 0.25) is 0 Å². The summed E-state index contributed by atoms with van der Waals surface area (Å²) in [5, 5.41) is 2.56. The van der Waals surface area contributed by atoms with Crippen LogP contribution in [0.25, 0.3) is 0 Å². The van der Waals surface area contributed by atoms with Gasteiger partial charge in [0.15, 0.2) is 0 Å². The minimum Gasteiger partial charge on any atom is -0.322 e. The molecule has 0 aliphatic heterocycles. The lowest BCUT2D eigenvalue weighted by Crippen LogP contribution is -2.13. The van der Waals surface area contributed by atoms with E-state index in [1.807, 2.05) is 13.8 Å². The Kier molecular flexibility index (Phi) is 6.10. The summed E-state index contributed by atoms with van der Waals surface area (Å²) >= 11 is 0. The first kappa shape index (κ1) is 17.7. The number of carbonyl (C=O) groups is 1. The standard InChI is InChI=1S/C14H11F3N2O.C2H6/c1-9-7-11(14(15,16)17)4-5-12(9)19-13(20)10-3-2-6-18-8-10;1-2/h2-8H,1H3,(H,19,20);1-2H3. The molecule has 1 N–H and O–H groups in total. The van der Waals surface area contributed by atoms with Gasteiger partial charge in [0.2, 0.25) is 0 Å². The lowest BCUT2D eigenvalue weighted by atomic mass is 10.1. The van der Waals surface area contributed by atoms with E-state index >= 15 is 0 Å². The lowest BCUT2D eigenvalue weighted by molar-refractivity contribution is -0.137. The van der Waals surface area contributed by atoms with Gasteiger partial charge in [0.05, 0.1) is 11.1 Å². The van der Waals surface area contributed by atoms with Crippen molar-refractivity contribution in [3.63, 3.8) is 0 Å². The molecular weight excluding hydrogens is 293 g/mol. The number of hydrogen-bond acceptors (Lipinski definition) is 2. The fourth-order valence-corrected chi connectivity index (χ4v) is 1.67. The van der Waals surface area contributed by atoms with E-state index in [4.69, 9.17) is 0 Å². The van der Waals surface area contributed by atoms with Gasteiger partial charge < -0.3 is 5.32 Å². The average Bonchev–Trinajstić information content (AvgIpc) is 2.51. The van der Waals surface area contributed by atoms with Crippen molar-refractivity contribution < 1.29 is 18.0 Å². The second-order valence-electron chi connectivity index (χ2n) is 4.22. The maximum atomic E-state index is 12.5. The molecule has 0 fully saturated rings. The zero-order chi connectivity index (χ0) is 16.8. The Labute approximate surface area is 127 Å². The van der Waals surface area contributed by atoms with Crippen molar-refractivity contribution in [2.45, 2.75) is 26.9 Å². The predicted octanol–water partition coefficient (Wildman–Crippen LogP) is 4.69. The number of nitrogens with zero attached hydrogens (tertiary/aromatic N) is 1. The highest BCUT2D eigenvalue weighted by atomic mass is 19.4. The van der Waals surface area contributed by atoms with Crippen molar-refractivity contribution in [2.24, 2.45) is 0 Å². The van der Waals surface area contributed by atoms with Crippen LogP contribution in [0.1, 0.15) is 35.3 Å². The molecule has 6 heteroatoms. The molecule has 0 bridgehead atoms. The second kappa shape index (κ2) is 7.59. The van der Waals surface area contributed by atoms with Gasteiger partial charge in [-0.15, -0.1) is 0 Å². The van der Waals surface area contributed by atoms with Gasteiger partial charge >= 0.3 is 6.18 Å². The van der Waals surface area contributed by atoms with Crippen molar-refractivity contribution in [1.82, 2.24) is 4.98 Å². The van der Waals surface area contributed by atoms with Crippen LogP contribution in [0.3, 0.4) is 0 Å². The van der Waals surface area contributed by atoms with Gasteiger partial charge in [-0.2, -0.15) is 13.2 Å². The number of aromatic nitrogens is 1. The quantitative estimate of drug-likeness (QED) is 0.874. The number of benzene rings is 1. The number of amides is 1. The fourth-order valence-electron chi connectivity index (χ4n) is 1.67. The van der Waals surface area contributed by atoms with Crippen molar-refractivity contribution in [3.05, 3.63) is 59.4 Å². The molecule has 0 spiro atoms. The molecule has 0 saturated heterocycles. The number of pyridine rings is 1. The Morgan fingerprint density at radius 1 is 1.18 bits per heavy atom. The number of hydrogen-bond donors (Lipinski definition) is 1. The summed E-state index contributed by atoms with van der Waals surface area (Å²) in [4.78, 5) is 15.7. The second-order valence-corrected chi connectivity index (χ2v) is 4.22. The molecule has 118 valence electrons. The zero-order valence-electron chi connectivity index (χ0n) is 12.5. The number of nitrogens with one attached hydrogen (secondary N) is 1.